The van der Waals surface area contributed by atoms with Crippen molar-refractivity contribution in [1.82, 2.24) is 4.98 Å². The van der Waals surface area contributed by atoms with E-state index in [0.717, 1.165) is 11.1 Å². The molecule has 0 spiro atoms. The highest BCUT2D eigenvalue weighted by atomic mass is 16.6. The third kappa shape index (κ3) is 4.47. The van der Waals surface area contributed by atoms with E-state index < -0.39 is 5.97 Å². The number of rotatable bonds is 6. The molecule has 2 aromatic carbocycles. The van der Waals surface area contributed by atoms with E-state index in [1.54, 1.807) is 6.20 Å². The number of carbonyl (C=O) groups excluding carboxylic acids is 1. The fourth-order valence-corrected chi connectivity index (χ4v) is 2.24. The summed E-state index contributed by atoms with van der Waals surface area (Å²) in [7, 11) is 0. The second kappa shape index (κ2) is 7.66. The smallest absolute Gasteiger partial charge is 0.344 e. The average molecular weight is 337 g/mol. The van der Waals surface area contributed by atoms with Crippen molar-refractivity contribution in [3.05, 3.63) is 71.7 Å². The molecule has 3 rings (SSSR count). The van der Waals surface area contributed by atoms with Gasteiger partial charge in [0.15, 0.2) is 19.0 Å². The third-order valence-corrected chi connectivity index (χ3v) is 3.80. The fourth-order valence-electron chi connectivity index (χ4n) is 2.24. The van der Waals surface area contributed by atoms with Gasteiger partial charge in [0.2, 0.25) is 5.89 Å². The second-order valence-corrected chi connectivity index (χ2v) is 5.68. The van der Waals surface area contributed by atoms with Gasteiger partial charge in [-0.1, -0.05) is 36.4 Å². The summed E-state index contributed by atoms with van der Waals surface area (Å²) in [5.41, 5.74) is 3.21. The Bertz CT molecular complexity index is 855. The molecule has 0 radical (unpaired) electrons. The first kappa shape index (κ1) is 16.8. The van der Waals surface area contributed by atoms with E-state index in [1.165, 1.54) is 5.56 Å². The van der Waals surface area contributed by atoms with Gasteiger partial charge in [0.1, 0.15) is 5.75 Å². The number of aryl methyl sites for hydroxylation is 2. The van der Waals surface area contributed by atoms with E-state index in [0.29, 0.717) is 17.4 Å². The van der Waals surface area contributed by atoms with E-state index in [-0.39, 0.29) is 13.2 Å². The van der Waals surface area contributed by atoms with Crippen LogP contribution < -0.4 is 4.74 Å². The van der Waals surface area contributed by atoms with E-state index in [4.69, 9.17) is 13.9 Å². The van der Waals surface area contributed by atoms with Gasteiger partial charge in [-0.25, -0.2) is 9.78 Å². The molecule has 0 aliphatic heterocycles. The highest BCUT2D eigenvalue weighted by Crippen LogP contribution is 2.20. The van der Waals surface area contributed by atoms with Crippen molar-refractivity contribution in [2.24, 2.45) is 0 Å². The van der Waals surface area contributed by atoms with Gasteiger partial charge in [-0.3, -0.25) is 0 Å². The number of hydrogen-bond donors (Lipinski definition) is 0. The number of carbonyl (C=O) groups is 1. The van der Waals surface area contributed by atoms with Crippen molar-refractivity contribution in [3.8, 4) is 17.1 Å². The number of nitrogens with zero attached hydrogens (tertiary/aromatic N) is 1. The lowest BCUT2D eigenvalue weighted by atomic mass is 10.1. The van der Waals surface area contributed by atoms with Crippen LogP contribution in [0.4, 0.5) is 0 Å². The Hall–Kier alpha value is -3.08. The van der Waals surface area contributed by atoms with E-state index in [9.17, 15) is 4.79 Å². The normalized spacial score (nSPS) is 10.5. The van der Waals surface area contributed by atoms with Crippen molar-refractivity contribution in [2.45, 2.75) is 20.5 Å². The molecule has 1 aromatic heterocycles. The minimum atomic E-state index is -0.474. The molecule has 128 valence electrons. The second-order valence-electron chi connectivity index (χ2n) is 5.68. The van der Waals surface area contributed by atoms with Crippen molar-refractivity contribution in [1.29, 1.82) is 0 Å². The Balaban J connectivity index is 1.49. The standard InChI is InChI=1S/C20H19NO4/c1-14-8-9-17(10-15(14)2)23-13-20(22)24-12-19-21-11-18(25-19)16-6-4-3-5-7-16/h3-11H,12-13H2,1-2H3. The lowest BCUT2D eigenvalue weighted by Crippen LogP contribution is -2.14. The van der Waals surface area contributed by atoms with Gasteiger partial charge < -0.3 is 13.9 Å². The lowest BCUT2D eigenvalue weighted by Gasteiger charge is -2.07. The van der Waals surface area contributed by atoms with E-state index in [1.807, 2.05) is 62.4 Å². The van der Waals surface area contributed by atoms with Gasteiger partial charge >= 0.3 is 5.97 Å². The average Bonchev–Trinajstić information content (AvgIpc) is 3.11. The molecule has 0 aliphatic carbocycles. The van der Waals surface area contributed by atoms with Crippen LogP contribution in [0.5, 0.6) is 5.75 Å². The molecule has 1 heterocycles. The lowest BCUT2D eigenvalue weighted by molar-refractivity contribution is -0.148. The Labute approximate surface area is 146 Å². The van der Waals surface area contributed by atoms with Gasteiger partial charge in [0.25, 0.3) is 0 Å². The molecule has 5 heteroatoms. The molecule has 0 bridgehead atoms. The van der Waals surface area contributed by atoms with Crippen LogP contribution in [0.2, 0.25) is 0 Å². The van der Waals surface area contributed by atoms with Crippen LogP contribution in [0.1, 0.15) is 17.0 Å². The number of oxazole rings is 1. The molecule has 25 heavy (non-hydrogen) atoms. The van der Waals surface area contributed by atoms with Gasteiger partial charge in [-0.2, -0.15) is 0 Å². The quantitative estimate of drug-likeness (QED) is 0.634. The first-order valence-electron chi connectivity index (χ1n) is 7.97. The number of esters is 1. The van der Waals surface area contributed by atoms with Crippen molar-refractivity contribution in [2.75, 3.05) is 6.61 Å². The van der Waals surface area contributed by atoms with Crippen LogP contribution >= 0.6 is 0 Å². The summed E-state index contributed by atoms with van der Waals surface area (Å²) in [6, 6.07) is 15.3. The first-order valence-corrected chi connectivity index (χ1v) is 7.97. The monoisotopic (exact) mass is 337 g/mol. The maximum atomic E-state index is 11.8. The van der Waals surface area contributed by atoms with Gasteiger partial charge in [-0.05, 0) is 37.1 Å². The van der Waals surface area contributed by atoms with Crippen LogP contribution in [0, 0.1) is 13.8 Å². The molecule has 0 unspecified atom stereocenters. The van der Waals surface area contributed by atoms with Gasteiger partial charge in [0, 0.05) is 5.56 Å². The van der Waals surface area contributed by atoms with Crippen LogP contribution in [-0.4, -0.2) is 17.6 Å². The molecule has 5 nitrogen and oxygen atoms in total. The predicted molar refractivity (Wildman–Crippen MR) is 93.1 cm³/mol. The molecule has 3 aromatic rings. The van der Waals surface area contributed by atoms with Crippen LogP contribution in [-0.2, 0) is 16.1 Å². The highest BCUT2D eigenvalue weighted by molar-refractivity contribution is 5.71. The minimum absolute atomic E-state index is 0.0258. The zero-order valence-corrected chi connectivity index (χ0v) is 14.2. The predicted octanol–water partition coefficient (Wildman–Crippen LogP) is 4.08. The fraction of sp³-hybridized carbons (Fsp3) is 0.200. The van der Waals surface area contributed by atoms with Crippen LogP contribution in [0.3, 0.4) is 0 Å². The molecule has 0 aliphatic rings. The summed E-state index contributed by atoms with van der Waals surface area (Å²) in [6.07, 6.45) is 1.62. The molecule has 0 saturated heterocycles. The Kier molecular flexibility index (Phi) is 5.14. The molecule has 0 saturated carbocycles. The van der Waals surface area contributed by atoms with Crippen molar-refractivity contribution in [3.63, 3.8) is 0 Å². The summed E-state index contributed by atoms with van der Waals surface area (Å²) in [5.74, 6) is 1.15. The Morgan fingerprint density at radius 2 is 1.88 bits per heavy atom. The van der Waals surface area contributed by atoms with Crippen molar-refractivity contribution >= 4 is 5.97 Å². The Morgan fingerprint density at radius 3 is 2.64 bits per heavy atom. The molecule has 0 N–H and O–H groups in total. The van der Waals surface area contributed by atoms with Gasteiger partial charge in [0.05, 0.1) is 6.20 Å². The zero-order chi connectivity index (χ0) is 17.6. The summed E-state index contributed by atoms with van der Waals surface area (Å²) in [6.45, 7) is 3.83. The summed E-state index contributed by atoms with van der Waals surface area (Å²) >= 11 is 0. The van der Waals surface area contributed by atoms with E-state index in [2.05, 4.69) is 4.98 Å². The number of ether oxygens (including phenoxy) is 2. The maximum absolute atomic E-state index is 11.8. The largest absolute Gasteiger partial charge is 0.482 e. The van der Waals surface area contributed by atoms with Crippen molar-refractivity contribution < 1.29 is 18.7 Å². The minimum Gasteiger partial charge on any atom is -0.482 e. The third-order valence-electron chi connectivity index (χ3n) is 3.80. The molecule has 0 amide bonds. The molecule has 0 atom stereocenters. The van der Waals surface area contributed by atoms with Crippen LogP contribution in [0.15, 0.2) is 59.1 Å². The zero-order valence-electron chi connectivity index (χ0n) is 14.2. The summed E-state index contributed by atoms with van der Waals surface area (Å²) in [5, 5.41) is 0. The number of benzene rings is 2. The molecule has 0 fully saturated rings. The number of aromatic nitrogens is 1. The topological polar surface area (TPSA) is 61.6 Å². The van der Waals surface area contributed by atoms with E-state index >= 15 is 0 Å². The Morgan fingerprint density at radius 1 is 1.08 bits per heavy atom. The first-order chi connectivity index (χ1) is 12.1. The van der Waals surface area contributed by atoms with Gasteiger partial charge in [-0.15, -0.1) is 0 Å². The molecular formula is C20H19NO4. The number of hydrogen-bond acceptors (Lipinski definition) is 5. The van der Waals surface area contributed by atoms with Crippen LogP contribution in [0.25, 0.3) is 11.3 Å². The highest BCUT2D eigenvalue weighted by Gasteiger charge is 2.10. The molecular weight excluding hydrogens is 318 g/mol. The SMILES string of the molecule is Cc1ccc(OCC(=O)OCc2ncc(-c3ccccc3)o2)cc1C. The maximum Gasteiger partial charge on any atom is 0.344 e. The summed E-state index contributed by atoms with van der Waals surface area (Å²) in [4.78, 5) is 15.9. The summed E-state index contributed by atoms with van der Waals surface area (Å²) < 4.78 is 16.2.